The summed E-state index contributed by atoms with van der Waals surface area (Å²) in [5.74, 6) is 1.11. The highest BCUT2D eigenvalue weighted by Gasteiger charge is 2.31. The molecule has 130 valence electrons. The molecule has 0 spiro atoms. The molecule has 2 fully saturated rings. The number of nitrogens with one attached hydrogen (secondary N) is 1. The summed E-state index contributed by atoms with van der Waals surface area (Å²) in [6, 6.07) is 6.96. The molecule has 1 aliphatic heterocycles. The van der Waals surface area contributed by atoms with Crippen molar-refractivity contribution in [1.82, 2.24) is 4.90 Å². The van der Waals surface area contributed by atoms with Crippen LogP contribution in [0.15, 0.2) is 24.3 Å². The summed E-state index contributed by atoms with van der Waals surface area (Å²) >= 11 is 0. The second kappa shape index (κ2) is 7.79. The number of rotatable bonds is 4. The molecule has 24 heavy (non-hydrogen) atoms. The third-order valence-electron chi connectivity index (χ3n) is 5.35. The maximum atomic E-state index is 12.4. The van der Waals surface area contributed by atoms with Gasteiger partial charge in [-0.25, -0.2) is 4.79 Å². The van der Waals surface area contributed by atoms with E-state index in [1.54, 1.807) is 24.3 Å². The standard InChI is InChI=1S/C19H26N2O3/c1-24-19(23)16-8-4-5-9-17(16)20-18(22)13-21-11-10-14-6-2-3-7-15(14)12-21/h4-5,8-9,14-15H,2-3,6-7,10-13H2,1H3,(H,20,22)/t14-,15+/m0/s1. The van der Waals surface area contributed by atoms with Crippen molar-refractivity contribution >= 4 is 17.6 Å². The molecule has 1 saturated carbocycles. The Balaban J connectivity index is 1.57. The molecular formula is C19H26N2O3. The monoisotopic (exact) mass is 330 g/mol. The third kappa shape index (κ3) is 3.96. The molecule has 0 bridgehead atoms. The van der Waals surface area contributed by atoms with Gasteiger partial charge >= 0.3 is 5.97 Å². The van der Waals surface area contributed by atoms with Crippen molar-refractivity contribution in [1.29, 1.82) is 0 Å². The lowest BCUT2D eigenvalue weighted by Crippen LogP contribution is -2.44. The van der Waals surface area contributed by atoms with Crippen LogP contribution in [0.3, 0.4) is 0 Å². The maximum absolute atomic E-state index is 12.4. The second-order valence-corrected chi connectivity index (χ2v) is 6.91. The SMILES string of the molecule is COC(=O)c1ccccc1NC(=O)CN1CC[C@@H]2CCCC[C@@H]2C1. The first-order valence-corrected chi connectivity index (χ1v) is 8.87. The molecule has 0 radical (unpaired) electrons. The normalized spacial score (nSPS) is 24.0. The number of fused-ring (bicyclic) bond motifs is 1. The van der Waals surface area contributed by atoms with Gasteiger partial charge in [0.05, 0.1) is 24.9 Å². The zero-order valence-electron chi connectivity index (χ0n) is 14.3. The van der Waals surface area contributed by atoms with Crippen molar-refractivity contribution in [3.63, 3.8) is 0 Å². The van der Waals surface area contributed by atoms with Crippen molar-refractivity contribution in [2.45, 2.75) is 32.1 Å². The van der Waals surface area contributed by atoms with Gasteiger partial charge < -0.3 is 10.1 Å². The fraction of sp³-hybridized carbons (Fsp3) is 0.579. The van der Waals surface area contributed by atoms with Gasteiger partial charge in [0.15, 0.2) is 0 Å². The lowest BCUT2D eigenvalue weighted by Gasteiger charge is -2.41. The number of para-hydroxylation sites is 1. The fourth-order valence-corrected chi connectivity index (χ4v) is 4.09. The van der Waals surface area contributed by atoms with Crippen molar-refractivity contribution in [3.05, 3.63) is 29.8 Å². The highest BCUT2D eigenvalue weighted by atomic mass is 16.5. The summed E-state index contributed by atoms with van der Waals surface area (Å²) in [4.78, 5) is 26.4. The summed E-state index contributed by atoms with van der Waals surface area (Å²) in [7, 11) is 1.34. The molecule has 1 N–H and O–H groups in total. The summed E-state index contributed by atoms with van der Waals surface area (Å²) in [6.45, 7) is 2.41. The minimum absolute atomic E-state index is 0.0689. The largest absolute Gasteiger partial charge is 0.465 e. The average molecular weight is 330 g/mol. The Morgan fingerprint density at radius 2 is 1.92 bits per heavy atom. The highest BCUT2D eigenvalue weighted by Crippen LogP contribution is 2.35. The Morgan fingerprint density at radius 1 is 1.17 bits per heavy atom. The molecule has 2 atom stereocenters. The minimum Gasteiger partial charge on any atom is -0.465 e. The van der Waals surface area contributed by atoms with E-state index < -0.39 is 5.97 Å². The van der Waals surface area contributed by atoms with Crippen LogP contribution < -0.4 is 5.32 Å². The molecule has 1 heterocycles. The molecule has 3 rings (SSSR count). The number of carbonyl (C=O) groups excluding carboxylic acids is 2. The number of hydrogen-bond acceptors (Lipinski definition) is 4. The van der Waals surface area contributed by atoms with Gasteiger partial charge in [0.1, 0.15) is 0 Å². The Morgan fingerprint density at radius 3 is 2.71 bits per heavy atom. The van der Waals surface area contributed by atoms with E-state index in [9.17, 15) is 9.59 Å². The van der Waals surface area contributed by atoms with Gasteiger partial charge in [-0.1, -0.05) is 31.4 Å². The molecule has 2 aliphatic rings. The molecule has 1 aliphatic carbocycles. The summed E-state index contributed by atoms with van der Waals surface area (Å²) in [5.41, 5.74) is 0.904. The van der Waals surface area contributed by atoms with Gasteiger partial charge in [-0.05, 0) is 43.4 Å². The van der Waals surface area contributed by atoms with E-state index in [0.29, 0.717) is 17.8 Å². The number of piperidine rings is 1. The molecular weight excluding hydrogens is 304 g/mol. The number of benzene rings is 1. The number of methoxy groups -OCH3 is 1. The number of ether oxygens (including phenoxy) is 1. The average Bonchev–Trinajstić information content (AvgIpc) is 2.61. The van der Waals surface area contributed by atoms with Gasteiger partial charge in [0.25, 0.3) is 0 Å². The van der Waals surface area contributed by atoms with E-state index in [0.717, 1.165) is 24.9 Å². The van der Waals surface area contributed by atoms with Crippen LogP contribution in [-0.4, -0.2) is 43.5 Å². The van der Waals surface area contributed by atoms with E-state index in [1.165, 1.54) is 39.2 Å². The van der Waals surface area contributed by atoms with Crippen LogP contribution in [0.2, 0.25) is 0 Å². The van der Waals surface area contributed by atoms with E-state index in [-0.39, 0.29) is 5.91 Å². The lowest BCUT2D eigenvalue weighted by molar-refractivity contribution is -0.118. The van der Waals surface area contributed by atoms with Crippen molar-refractivity contribution < 1.29 is 14.3 Å². The second-order valence-electron chi connectivity index (χ2n) is 6.91. The van der Waals surface area contributed by atoms with Gasteiger partial charge in [-0.15, -0.1) is 0 Å². The van der Waals surface area contributed by atoms with Crippen LogP contribution in [0.1, 0.15) is 42.5 Å². The number of amides is 1. The molecule has 0 unspecified atom stereocenters. The first-order chi connectivity index (χ1) is 11.7. The summed E-state index contributed by atoms with van der Waals surface area (Å²) in [5, 5.41) is 2.86. The van der Waals surface area contributed by atoms with Crippen LogP contribution in [0.25, 0.3) is 0 Å². The Bertz CT molecular complexity index is 602. The number of carbonyl (C=O) groups is 2. The molecule has 5 heteroatoms. The molecule has 1 aromatic carbocycles. The molecule has 0 aromatic heterocycles. The summed E-state index contributed by atoms with van der Waals surface area (Å²) in [6.07, 6.45) is 6.56. The zero-order valence-corrected chi connectivity index (χ0v) is 14.3. The van der Waals surface area contributed by atoms with Crippen LogP contribution in [0.5, 0.6) is 0 Å². The number of hydrogen-bond donors (Lipinski definition) is 1. The van der Waals surface area contributed by atoms with Crippen LogP contribution in [0, 0.1) is 11.8 Å². The van der Waals surface area contributed by atoms with E-state index >= 15 is 0 Å². The number of likely N-dealkylation sites (tertiary alicyclic amines) is 1. The van der Waals surface area contributed by atoms with E-state index in [1.807, 2.05) is 0 Å². The smallest absolute Gasteiger partial charge is 0.339 e. The Kier molecular flexibility index (Phi) is 5.51. The van der Waals surface area contributed by atoms with Gasteiger partial charge in [0, 0.05) is 6.54 Å². The Labute approximate surface area is 143 Å². The zero-order chi connectivity index (χ0) is 16.9. The Hall–Kier alpha value is -1.88. The van der Waals surface area contributed by atoms with Crippen LogP contribution >= 0.6 is 0 Å². The molecule has 1 aromatic rings. The van der Waals surface area contributed by atoms with Gasteiger partial charge in [0.2, 0.25) is 5.91 Å². The number of esters is 1. The lowest BCUT2D eigenvalue weighted by atomic mass is 9.75. The van der Waals surface area contributed by atoms with E-state index in [4.69, 9.17) is 4.74 Å². The number of anilines is 1. The maximum Gasteiger partial charge on any atom is 0.339 e. The topological polar surface area (TPSA) is 58.6 Å². The van der Waals surface area contributed by atoms with E-state index in [2.05, 4.69) is 10.2 Å². The minimum atomic E-state index is -0.436. The highest BCUT2D eigenvalue weighted by molar-refractivity contribution is 6.01. The van der Waals surface area contributed by atoms with Crippen LogP contribution in [-0.2, 0) is 9.53 Å². The van der Waals surface area contributed by atoms with Gasteiger partial charge in [-0.3, -0.25) is 9.69 Å². The summed E-state index contributed by atoms with van der Waals surface area (Å²) < 4.78 is 4.77. The first-order valence-electron chi connectivity index (χ1n) is 8.87. The quantitative estimate of drug-likeness (QED) is 0.863. The van der Waals surface area contributed by atoms with Crippen molar-refractivity contribution in [2.75, 3.05) is 32.1 Å². The van der Waals surface area contributed by atoms with Crippen molar-refractivity contribution in [2.24, 2.45) is 11.8 Å². The molecule has 1 amide bonds. The van der Waals surface area contributed by atoms with Crippen molar-refractivity contribution in [3.8, 4) is 0 Å². The van der Waals surface area contributed by atoms with Gasteiger partial charge in [-0.2, -0.15) is 0 Å². The first kappa shape index (κ1) is 17.0. The molecule has 5 nitrogen and oxygen atoms in total. The number of nitrogens with zero attached hydrogens (tertiary/aromatic N) is 1. The van der Waals surface area contributed by atoms with Crippen LogP contribution in [0.4, 0.5) is 5.69 Å². The predicted octanol–water partition coefficient (Wildman–Crippen LogP) is 2.92. The fourth-order valence-electron chi connectivity index (χ4n) is 4.09. The predicted molar refractivity (Wildman–Crippen MR) is 92.9 cm³/mol. The molecule has 1 saturated heterocycles. The third-order valence-corrected chi connectivity index (χ3v) is 5.35.